The minimum Gasteiger partial charge on any atom is -0.494 e. The highest BCUT2D eigenvalue weighted by molar-refractivity contribution is 7.19. The highest BCUT2D eigenvalue weighted by atomic mass is 32.1. The molecule has 7 heteroatoms. The molecule has 0 bridgehead atoms. The van der Waals surface area contributed by atoms with E-state index in [1.807, 2.05) is 102 Å². The predicted molar refractivity (Wildman–Crippen MR) is 243 cm³/mol. The molecule has 0 aliphatic heterocycles. The van der Waals surface area contributed by atoms with Gasteiger partial charge in [-0.3, -0.25) is 0 Å². The fourth-order valence-electron chi connectivity index (χ4n) is 7.80. The summed E-state index contributed by atoms with van der Waals surface area (Å²) in [6, 6.07) is 36.9. The Kier molecular flexibility index (Phi) is 12.2. The van der Waals surface area contributed by atoms with Gasteiger partial charge in [-0.2, -0.15) is 0 Å². The van der Waals surface area contributed by atoms with Crippen LogP contribution in [-0.4, -0.2) is 19.8 Å². The normalized spacial score (nSPS) is 12.6. The highest BCUT2D eigenvalue weighted by Crippen LogP contribution is 2.49. The van der Waals surface area contributed by atoms with Crippen LogP contribution in [0, 0.1) is 20.4 Å². The zero-order valence-corrected chi connectivity index (χ0v) is 34.8. The lowest BCUT2D eigenvalue weighted by molar-refractivity contribution is 0.247. The minimum atomic E-state index is 0.473. The molecule has 5 nitrogen and oxygen atoms in total. The van der Waals surface area contributed by atoms with Gasteiger partial charge in [0.05, 0.1) is 26.4 Å². The third kappa shape index (κ3) is 8.84. The standard InChI is InChI=1S/C51H47NO4S2/c1-5-6-7-28-54-42-24-26-46-48(31-42)57-34(2)50(46)44-10-8-11-45(44)51-35(3)58-49-32-43(25-27-47(49)51)55-30-9-29-53-40-20-12-36(13-21-40)33-56-41-22-16-38(17-23-41)37-14-18-39(52-4)19-15-37/h5,12-27,31-32H,1,6-11,28-30,33H2,2-3H3. The second kappa shape index (κ2) is 18.2. The van der Waals surface area contributed by atoms with Crippen LogP contribution in [0.25, 0.3) is 47.3 Å². The van der Waals surface area contributed by atoms with Crippen molar-refractivity contribution in [2.24, 2.45) is 0 Å². The number of allylic oxidation sites excluding steroid dienone is 3. The van der Waals surface area contributed by atoms with Gasteiger partial charge in [-0.05, 0) is 146 Å². The summed E-state index contributed by atoms with van der Waals surface area (Å²) < 4.78 is 26.9. The number of nitrogens with zero attached hydrogens (tertiary/aromatic N) is 1. The molecular formula is C51H47NO4S2. The molecule has 0 fully saturated rings. The molecule has 2 heterocycles. The van der Waals surface area contributed by atoms with E-state index in [4.69, 9.17) is 25.5 Å². The van der Waals surface area contributed by atoms with E-state index >= 15 is 0 Å². The van der Waals surface area contributed by atoms with Gasteiger partial charge in [-0.25, -0.2) is 4.85 Å². The van der Waals surface area contributed by atoms with Gasteiger partial charge in [0.1, 0.15) is 29.6 Å². The first-order chi connectivity index (χ1) is 28.5. The van der Waals surface area contributed by atoms with Gasteiger partial charge in [0.25, 0.3) is 0 Å². The lowest BCUT2D eigenvalue weighted by Crippen LogP contribution is -2.05. The average molecular weight is 802 g/mol. The van der Waals surface area contributed by atoms with Gasteiger partial charge >= 0.3 is 0 Å². The van der Waals surface area contributed by atoms with Crippen molar-refractivity contribution in [2.45, 2.75) is 59.0 Å². The number of ether oxygens (including phenoxy) is 4. The number of hydrogen-bond donors (Lipinski definition) is 0. The first-order valence-corrected chi connectivity index (χ1v) is 21.7. The number of fused-ring (bicyclic) bond motifs is 2. The number of aryl methyl sites for hydroxylation is 2. The molecule has 1 aliphatic rings. The van der Waals surface area contributed by atoms with Crippen LogP contribution in [0.1, 0.15) is 65.0 Å². The molecule has 5 aromatic carbocycles. The number of thiophene rings is 2. The summed E-state index contributed by atoms with van der Waals surface area (Å²) in [6.07, 6.45) is 8.09. The number of benzene rings is 5. The molecule has 0 spiro atoms. The number of hydrogen-bond acceptors (Lipinski definition) is 6. The van der Waals surface area contributed by atoms with E-state index in [1.165, 1.54) is 58.6 Å². The molecule has 1 aliphatic carbocycles. The Bertz CT molecular complexity index is 2610. The molecule has 2 aromatic heterocycles. The van der Waals surface area contributed by atoms with Crippen molar-refractivity contribution in [3.8, 4) is 34.1 Å². The van der Waals surface area contributed by atoms with Gasteiger partial charge in [0.15, 0.2) is 5.69 Å². The lowest BCUT2D eigenvalue weighted by atomic mass is 9.93. The maximum absolute atomic E-state index is 7.13. The molecule has 0 saturated heterocycles. The minimum absolute atomic E-state index is 0.473. The largest absolute Gasteiger partial charge is 0.494 e. The second-order valence-electron chi connectivity index (χ2n) is 14.6. The maximum atomic E-state index is 7.13. The first-order valence-electron chi connectivity index (χ1n) is 20.1. The van der Waals surface area contributed by atoms with Crippen LogP contribution in [0.2, 0.25) is 0 Å². The molecule has 0 saturated carbocycles. The van der Waals surface area contributed by atoms with Crippen LogP contribution in [0.15, 0.2) is 122 Å². The molecule has 0 amide bonds. The SMILES string of the molecule is [C-]#[N+]c1ccc(-c2ccc(OCc3ccc(OCCCOc4ccc5c(C6=C(c7c(C)sc8cc(OCCCC=C)ccc78)CCC6)c(C)sc5c4)cc3)cc2)cc1. The summed E-state index contributed by atoms with van der Waals surface area (Å²) in [7, 11) is 0. The van der Waals surface area contributed by atoms with Crippen LogP contribution < -0.4 is 18.9 Å². The summed E-state index contributed by atoms with van der Waals surface area (Å²) in [5.74, 6) is 3.49. The van der Waals surface area contributed by atoms with Crippen molar-refractivity contribution in [3.63, 3.8) is 0 Å². The van der Waals surface area contributed by atoms with E-state index in [1.54, 1.807) is 0 Å². The molecule has 8 rings (SSSR count). The summed E-state index contributed by atoms with van der Waals surface area (Å²) in [5, 5.41) is 2.67. The summed E-state index contributed by atoms with van der Waals surface area (Å²) >= 11 is 3.75. The molecule has 0 atom stereocenters. The van der Waals surface area contributed by atoms with E-state index in [0.717, 1.165) is 71.8 Å². The number of rotatable bonds is 17. The lowest BCUT2D eigenvalue weighted by Gasteiger charge is -2.11. The van der Waals surface area contributed by atoms with Crippen molar-refractivity contribution in [1.29, 1.82) is 0 Å². The second-order valence-corrected chi connectivity index (χ2v) is 17.2. The Morgan fingerprint density at radius 1 is 0.603 bits per heavy atom. The molecule has 7 aromatic rings. The molecule has 58 heavy (non-hydrogen) atoms. The van der Waals surface area contributed by atoms with E-state index in [9.17, 15) is 0 Å². The van der Waals surface area contributed by atoms with Crippen LogP contribution >= 0.6 is 22.7 Å². The van der Waals surface area contributed by atoms with Gasteiger partial charge in [0, 0.05) is 36.3 Å². The van der Waals surface area contributed by atoms with E-state index in [2.05, 4.69) is 61.7 Å². The van der Waals surface area contributed by atoms with E-state index < -0.39 is 0 Å². The average Bonchev–Trinajstić information content (AvgIpc) is 3.95. The third-order valence-corrected chi connectivity index (χ3v) is 12.8. The van der Waals surface area contributed by atoms with E-state index in [-0.39, 0.29) is 0 Å². The third-order valence-electron chi connectivity index (χ3n) is 10.7. The van der Waals surface area contributed by atoms with Crippen molar-refractivity contribution in [2.75, 3.05) is 19.8 Å². The Morgan fingerprint density at radius 2 is 1.09 bits per heavy atom. The fraction of sp³-hybridized carbons (Fsp3) is 0.235. The Hall–Kier alpha value is -5.81. The smallest absolute Gasteiger partial charge is 0.187 e. The highest BCUT2D eigenvalue weighted by Gasteiger charge is 2.25. The topological polar surface area (TPSA) is 41.3 Å². The molecule has 292 valence electrons. The fourth-order valence-corrected chi connectivity index (χ4v) is 10.0. The Morgan fingerprint density at radius 3 is 1.64 bits per heavy atom. The number of unbranched alkanes of at least 4 members (excludes halogenated alkanes) is 1. The van der Waals surface area contributed by atoms with Crippen molar-refractivity contribution in [1.82, 2.24) is 0 Å². The zero-order valence-electron chi connectivity index (χ0n) is 33.1. The monoisotopic (exact) mass is 801 g/mol. The van der Waals surface area contributed by atoms with Crippen molar-refractivity contribution in [3.05, 3.63) is 160 Å². The first kappa shape index (κ1) is 39.0. The van der Waals surface area contributed by atoms with Crippen molar-refractivity contribution < 1.29 is 18.9 Å². The summed E-state index contributed by atoms with van der Waals surface area (Å²) in [6.45, 7) is 17.8. The van der Waals surface area contributed by atoms with Crippen LogP contribution in [-0.2, 0) is 6.61 Å². The van der Waals surface area contributed by atoms with Crippen LogP contribution in [0.3, 0.4) is 0 Å². The maximum Gasteiger partial charge on any atom is 0.187 e. The molecule has 0 unspecified atom stereocenters. The van der Waals surface area contributed by atoms with E-state index in [0.29, 0.717) is 32.1 Å². The van der Waals surface area contributed by atoms with Gasteiger partial charge < -0.3 is 18.9 Å². The molecular weight excluding hydrogens is 755 g/mol. The van der Waals surface area contributed by atoms with Gasteiger partial charge in [-0.15, -0.1) is 29.3 Å². The predicted octanol–water partition coefficient (Wildman–Crippen LogP) is 14.8. The van der Waals surface area contributed by atoms with Crippen molar-refractivity contribution >= 4 is 59.7 Å². The quantitative estimate of drug-likeness (QED) is 0.0522. The van der Waals surface area contributed by atoms with Gasteiger partial charge in [0.2, 0.25) is 0 Å². The zero-order chi connectivity index (χ0) is 39.8. The Labute approximate surface area is 349 Å². The molecule has 0 radical (unpaired) electrons. The molecule has 0 N–H and O–H groups in total. The van der Waals surface area contributed by atoms with Crippen LogP contribution in [0.5, 0.6) is 23.0 Å². The summed E-state index contributed by atoms with van der Waals surface area (Å²) in [4.78, 5) is 6.22. The Balaban J connectivity index is 0.835. The van der Waals surface area contributed by atoms with Gasteiger partial charge in [-0.1, -0.05) is 54.6 Å². The van der Waals surface area contributed by atoms with Crippen LogP contribution in [0.4, 0.5) is 5.69 Å². The summed E-state index contributed by atoms with van der Waals surface area (Å²) in [5.41, 5.74) is 9.75.